The van der Waals surface area contributed by atoms with Gasteiger partial charge in [0.05, 0.1) is 30.2 Å². The standard InChI is InChI=1S/C23H26N10O4S/c1-31(23-25-11-15(12-26-23)22(34)30-35)13-17-27-18-20(32(17)2)28-19(14-4-3-5-16(10-14)38(24)36)29-21(18)33-6-8-37-9-7-33/h3-5,10-12,35H,6-9,13,24H2,1-2H3,(H,30,34). The highest BCUT2D eigenvalue weighted by Crippen LogP contribution is 2.29. The lowest BCUT2D eigenvalue weighted by molar-refractivity contribution is 0.0705. The summed E-state index contributed by atoms with van der Waals surface area (Å²) >= 11 is 0. The Balaban J connectivity index is 1.54. The second kappa shape index (κ2) is 10.7. The molecule has 0 bridgehead atoms. The van der Waals surface area contributed by atoms with E-state index >= 15 is 0 Å². The fraction of sp³-hybridized carbons (Fsp3) is 0.304. The van der Waals surface area contributed by atoms with E-state index in [2.05, 4.69) is 14.9 Å². The lowest BCUT2D eigenvalue weighted by Gasteiger charge is -2.28. The van der Waals surface area contributed by atoms with Gasteiger partial charge in [0.1, 0.15) is 16.8 Å². The van der Waals surface area contributed by atoms with Crippen LogP contribution in [0.4, 0.5) is 11.8 Å². The van der Waals surface area contributed by atoms with E-state index in [1.807, 2.05) is 17.7 Å². The first-order valence-corrected chi connectivity index (χ1v) is 12.9. The zero-order valence-corrected chi connectivity index (χ0v) is 21.6. The first-order chi connectivity index (χ1) is 18.4. The monoisotopic (exact) mass is 538 g/mol. The van der Waals surface area contributed by atoms with Crippen LogP contribution in [0, 0.1) is 0 Å². The molecule has 38 heavy (non-hydrogen) atoms. The molecule has 1 amide bonds. The summed E-state index contributed by atoms with van der Waals surface area (Å²) in [6.07, 6.45) is 2.66. The molecule has 0 radical (unpaired) electrons. The quantitative estimate of drug-likeness (QED) is 0.219. The Morgan fingerprint density at radius 3 is 2.63 bits per heavy atom. The Morgan fingerprint density at radius 1 is 1.21 bits per heavy atom. The number of hydrogen-bond donors (Lipinski definition) is 3. The minimum absolute atomic E-state index is 0.132. The molecule has 5 rings (SSSR count). The Hall–Kier alpha value is -4.05. The van der Waals surface area contributed by atoms with Crippen molar-refractivity contribution >= 4 is 39.8 Å². The van der Waals surface area contributed by atoms with Gasteiger partial charge in [-0.2, -0.15) is 0 Å². The maximum absolute atomic E-state index is 11.9. The summed E-state index contributed by atoms with van der Waals surface area (Å²) < 4.78 is 19.3. The SMILES string of the molecule is CN(Cc1nc2c(N3CCOCC3)nc(-c3cccc(S(N)=O)c3)nc2n1C)c1ncc(C(=O)NO)cn1. The van der Waals surface area contributed by atoms with Gasteiger partial charge in [-0.3, -0.25) is 10.0 Å². The summed E-state index contributed by atoms with van der Waals surface area (Å²) in [5.74, 6) is 1.53. The van der Waals surface area contributed by atoms with Gasteiger partial charge in [-0.15, -0.1) is 0 Å². The molecule has 1 aliphatic heterocycles. The number of anilines is 2. The number of nitrogens with two attached hydrogens (primary N) is 1. The second-order valence-corrected chi connectivity index (χ2v) is 9.69. The number of hydroxylamine groups is 1. The number of morpholine rings is 1. The van der Waals surface area contributed by atoms with Crippen LogP contribution in [0.1, 0.15) is 16.2 Å². The summed E-state index contributed by atoms with van der Waals surface area (Å²) in [4.78, 5) is 38.9. The average Bonchev–Trinajstić information content (AvgIpc) is 3.27. The van der Waals surface area contributed by atoms with Crippen LogP contribution in [0.3, 0.4) is 0 Å². The Labute approximate surface area is 220 Å². The van der Waals surface area contributed by atoms with E-state index in [0.717, 1.165) is 0 Å². The van der Waals surface area contributed by atoms with E-state index in [0.29, 0.717) is 77.9 Å². The molecule has 1 atom stereocenters. The van der Waals surface area contributed by atoms with Gasteiger partial charge in [0.2, 0.25) is 5.95 Å². The van der Waals surface area contributed by atoms with Gasteiger partial charge in [0.25, 0.3) is 5.91 Å². The summed E-state index contributed by atoms with van der Waals surface area (Å²) in [5, 5.41) is 14.4. The number of amides is 1. The van der Waals surface area contributed by atoms with Crippen LogP contribution in [-0.4, -0.2) is 78.2 Å². The minimum Gasteiger partial charge on any atom is -0.378 e. The molecule has 4 N–H and O–H groups in total. The van der Waals surface area contributed by atoms with Gasteiger partial charge in [-0.25, -0.2) is 39.7 Å². The minimum atomic E-state index is -1.63. The maximum Gasteiger partial charge on any atom is 0.277 e. The fourth-order valence-corrected chi connectivity index (χ4v) is 4.56. The number of benzene rings is 1. The zero-order chi connectivity index (χ0) is 26.8. The van der Waals surface area contributed by atoms with Crippen molar-refractivity contribution in [2.45, 2.75) is 11.4 Å². The number of nitrogens with one attached hydrogen (secondary N) is 1. The molecule has 4 aromatic rings. The highest BCUT2D eigenvalue weighted by molar-refractivity contribution is 7.82. The van der Waals surface area contributed by atoms with Crippen molar-refractivity contribution in [1.82, 2.24) is 35.0 Å². The van der Waals surface area contributed by atoms with Crippen molar-refractivity contribution in [2.24, 2.45) is 12.2 Å². The lowest BCUT2D eigenvalue weighted by Crippen LogP contribution is -2.37. The van der Waals surface area contributed by atoms with Crippen molar-refractivity contribution in [3.63, 3.8) is 0 Å². The third-order valence-electron chi connectivity index (χ3n) is 6.15. The zero-order valence-electron chi connectivity index (χ0n) is 20.7. The average molecular weight is 539 g/mol. The molecule has 0 spiro atoms. The van der Waals surface area contributed by atoms with Gasteiger partial charge in [0.15, 0.2) is 22.8 Å². The molecule has 0 aliphatic carbocycles. The van der Waals surface area contributed by atoms with E-state index in [-0.39, 0.29) is 5.56 Å². The van der Waals surface area contributed by atoms with Gasteiger partial charge in [-0.05, 0) is 12.1 Å². The molecule has 198 valence electrons. The molecule has 1 fully saturated rings. The molecular formula is C23H26N10O4S. The number of hydrogen-bond acceptors (Lipinski definition) is 11. The van der Waals surface area contributed by atoms with Crippen LogP contribution >= 0.6 is 0 Å². The van der Waals surface area contributed by atoms with Gasteiger partial charge in [-0.1, -0.05) is 12.1 Å². The number of nitrogens with zero attached hydrogens (tertiary/aromatic N) is 8. The van der Waals surface area contributed by atoms with Crippen LogP contribution in [0.2, 0.25) is 0 Å². The molecule has 1 aromatic carbocycles. The number of carbonyl (C=O) groups excluding carboxylic acids is 1. The largest absolute Gasteiger partial charge is 0.378 e. The van der Waals surface area contributed by atoms with Crippen LogP contribution < -0.4 is 20.4 Å². The Kier molecular flexibility index (Phi) is 7.24. The maximum atomic E-state index is 11.9. The van der Waals surface area contributed by atoms with E-state index < -0.39 is 16.9 Å². The molecule has 1 unspecified atom stereocenters. The van der Waals surface area contributed by atoms with E-state index in [1.54, 1.807) is 35.6 Å². The summed E-state index contributed by atoms with van der Waals surface area (Å²) in [6, 6.07) is 7.05. The molecular weight excluding hydrogens is 512 g/mol. The third kappa shape index (κ3) is 5.04. The number of imidazole rings is 1. The van der Waals surface area contributed by atoms with E-state index in [4.69, 9.17) is 30.0 Å². The first kappa shape index (κ1) is 25.6. The number of carbonyl (C=O) groups is 1. The van der Waals surface area contributed by atoms with Gasteiger partial charge >= 0.3 is 0 Å². The lowest BCUT2D eigenvalue weighted by atomic mass is 10.2. The van der Waals surface area contributed by atoms with Crippen LogP contribution in [0.15, 0.2) is 41.6 Å². The normalized spacial score (nSPS) is 14.5. The number of aromatic nitrogens is 6. The van der Waals surface area contributed by atoms with Crippen LogP contribution in [0.5, 0.6) is 0 Å². The molecule has 4 heterocycles. The molecule has 0 saturated carbocycles. The van der Waals surface area contributed by atoms with Crippen molar-refractivity contribution < 1.29 is 18.9 Å². The summed E-state index contributed by atoms with van der Waals surface area (Å²) in [5.41, 5.74) is 3.67. The molecule has 3 aromatic heterocycles. The van der Waals surface area contributed by atoms with E-state index in [1.165, 1.54) is 12.4 Å². The number of fused-ring (bicyclic) bond motifs is 1. The Morgan fingerprint density at radius 2 is 1.95 bits per heavy atom. The second-order valence-electron chi connectivity index (χ2n) is 8.62. The predicted octanol–water partition coefficient (Wildman–Crippen LogP) is 0.394. The molecule has 1 aliphatic rings. The highest BCUT2D eigenvalue weighted by Gasteiger charge is 2.23. The van der Waals surface area contributed by atoms with Crippen molar-refractivity contribution in [3.8, 4) is 11.4 Å². The third-order valence-corrected chi connectivity index (χ3v) is 6.87. The number of ether oxygens (including phenoxy) is 1. The summed E-state index contributed by atoms with van der Waals surface area (Å²) in [6.45, 7) is 2.81. The predicted molar refractivity (Wildman–Crippen MR) is 139 cm³/mol. The Bertz CT molecular complexity index is 1500. The van der Waals surface area contributed by atoms with Crippen molar-refractivity contribution in [1.29, 1.82) is 0 Å². The number of rotatable bonds is 7. The van der Waals surface area contributed by atoms with E-state index in [9.17, 15) is 9.00 Å². The number of aryl methyl sites for hydroxylation is 1. The fourth-order valence-electron chi connectivity index (χ4n) is 4.10. The highest BCUT2D eigenvalue weighted by atomic mass is 32.2. The smallest absolute Gasteiger partial charge is 0.277 e. The van der Waals surface area contributed by atoms with Crippen LogP contribution in [0.25, 0.3) is 22.6 Å². The molecule has 1 saturated heterocycles. The van der Waals surface area contributed by atoms with Crippen molar-refractivity contribution in [2.75, 3.05) is 43.2 Å². The topological polar surface area (TPSA) is 178 Å². The van der Waals surface area contributed by atoms with Crippen molar-refractivity contribution in [3.05, 3.63) is 48.0 Å². The van der Waals surface area contributed by atoms with Crippen LogP contribution in [-0.2, 0) is 29.3 Å². The summed E-state index contributed by atoms with van der Waals surface area (Å²) in [7, 11) is 2.05. The first-order valence-electron chi connectivity index (χ1n) is 11.7. The molecule has 15 heteroatoms. The van der Waals surface area contributed by atoms with Gasteiger partial charge in [0, 0.05) is 45.1 Å². The van der Waals surface area contributed by atoms with Gasteiger partial charge < -0.3 is 19.1 Å². The molecule has 14 nitrogen and oxygen atoms in total.